The molecule has 0 aliphatic heterocycles. The summed E-state index contributed by atoms with van der Waals surface area (Å²) in [6.45, 7) is 3.78. The van der Waals surface area contributed by atoms with E-state index in [0.29, 0.717) is 5.69 Å². The Morgan fingerprint density at radius 1 is 1.25 bits per heavy atom. The van der Waals surface area contributed by atoms with E-state index in [2.05, 4.69) is 5.32 Å². The van der Waals surface area contributed by atoms with Crippen molar-refractivity contribution in [2.45, 2.75) is 19.9 Å². The predicted octanol–water partition coefficient (Wildman–Crippen LogP) is 0.654. The van der Waals surface area contributed by atoms with Crippen molar-refractivity contribution in [3.8, 4) is 0 Å². The third kappa shape index (κ3) is 3.06. The van der Waals surface area contributed by atoms with Crippen LogP contribution in [0.15, 0.2) is 18.2 Å². The van der Waals surface area contributed by atoms with Crippen molar-refractivity contribution in [1.29, 1.82) is 0 Å². The molecule has 5 heteroatoms. The minimum atomic E-state index is -1.54. The van der Waals surface area contributed by atoms with Gasteiger partial charge in [-0.2, -0.15) is 0 Å². The zero-order valence-electron chi connectivity index (χ0n) is 9.15. The highest BCUT2D eigenvalue weighted by molar-refractivity contribution is 6.07. The van der Waals surface area contributed by atoms with Crippen molar-refractivity contribution < 1.29 is 14.7 Å². The maximum Gasteiger partial charge on any atom is 0.330 e. The highest BCUT2D eigenvalue weighted by Gasteiger charge is 2.21. The summed E-state index contributed by atoms with van der Waals surface area (Å²) in [6, 6.07) is 3.91. The van der Waals surface area contributed by atoms with Crippen LogP contribution < -0.4 is 11.1 Å². The number of hydrogen-bond donors (Lipinski definition) is 3. The average Bonchev–Trinajstić information content (AvgIpc) is 2.14. The van der Waals surface area contributed by atoms with E-state index in [4.69, 9.17) is 10.8 Å². The van der Waals surface area contributed by atoms with E-state index in [1.54, 1.807) is 12.1 Å². The van der Waals surface area contributed by atoms with Gasteiger partial charge >= 0.3 is 5.97 Å². The predicted molar refractivity (Wildman–Crippen MR) is 60.2 cm³/mol. The Morgan fingerprint density at radius 3 is 2.19 bits per heavy atom. The van der Waals surface area contributed by atoms with E-state index in [0.717, 1.165) is 11.1 Å². The van der Waals surface area contributed by atoms with E-state index in [1.807, 2.05) is 19.9 Å². The Balaban J connectivity index is 2.81. The lowest BCUT2D eigenvalue weighted by molar-refractivity contribution is -0.141. The number of carboxylic acids is 1. The normalized spacial score (nSPS) is 11.9. The summed E-state index contributed by atoms with van der Waals surface area (Å²) in [5.41, 5.74) is 7.70. The first-order valence-corrected chi connectivity index (χ1v) is 4.77. The zero-order valence-corrected chi connectivity index (χ0v) is 9.15. The molecule has 0 fully saturated rings. The number of amides is 1. The SMILES string of the molecule is Cc1cc(C)cc(NC(=O)C(N)C(=O)O)c1. The van der Waals surface area contributed by atoms with E-state index in [9.17, 15) is 9.59 Å². The molecular weight excluding hydrogens is 208 g/mol. The summed E-state index contributed by atoms with van der Waals surface area (Å²) in [5.74, 6) is -2.07. The second kappa shape index (κ2) is 4.76. The number of nitrogens with one attached hydrogen (secondary N) is 1. The number of anilines is 1. The van der Waals surface area contributed by atoms with Crippen LogP contribution in [0.3, 0.4) is 0 Å². The molecule has 0 aliphatic carbocycles. The molecule has 0 aliphatic rings. The molecule has 0 radical (unpaired) electrons. The summed E-state index contributed by atoms with van der Waals surface area (Å²) >= 11 is 0. The van der Waals surface area contributed by atoms with Gasteiger partial charge in [0, 0.05) is 5.69 Å². The van der Waals surface area contributed by atoms with Crippen LogP contribution in [0.4, 0.5) is 5.69 Å². The molecule has 0 saturated carbocycles. The highest BCUT2D eigenvalue weighted by Crippen LogP contribution is 2.13. The molecule has 1 atom stereocenters. The molecule has 1 aromatic rings. The van der Waals surface area contributed by atoms with Crippen LogP contribution >= 0.6 is 0 Å². The van der Waals surface area contributed by atoms with Crippen LogP contribution in [0.2, 0.25) is 0 Å². The molecule has 0 bridgehead atoms. The smallest absolute Gasteiger partial charge is 0.330 e. The summed E-state index contributed by atoms with van der Waals surface area (Å²) in [4.78, 5) is 21.8. The molecule has 0 heterocycles. The van der Waals surface area contributed by atoms with Crippen LogP contribution in [-0.4, -0.2) is 23.0 Å². The number of carboxylic acid groups (broad SMARTS) is 1. The molecule has 1 aromatic carbocycles. The summed E-state index contributed by atoms with van der Waals surface area (Å²) < 4.78 is 0. The van der Waals surface area contributed by atoms with Crippen molar-refractivity contribution in [3.63, 3.8) is 0 Å². The Labute approximate surface area is 93.3 Å². The quantitative estimate of drug-likeness (QED) is 0.655. The number of carbonyl (C=O) groups excluding carboxylic acids is 1. The third-order valence-corrected chi connectivity index (χ3v) is 2.04. The minimum absolute atomic E-state index is 0.555. The Bertz CT molecular complexity index is 409. The lowest BCUT2D eigenvalue weighted by Crippen LogP contribution is -2.42. The van der Waals surface area contributed by atoms with Crippen molar-refractivity contribution in [2.24, 2.45) is 5.73 Å². The fourth-order valence-corrected chi connectivity index (χ4v) is 1.38. The lowest BCUT2D eigenvalue weighted by atomic mass is 10.1. The van der Waals surface area contributed by atoms with Gasteiger partial charge in [-0.15, -0.1) is 0 Å². The van der Waals surface area contributed by atoms with Crippen LogP contribution in [0.1, 0.15) is 11.1 Å². The second-order valence-electron chi connectivity index (χ2n) is 3.68. The lowest BCUT2D eigenvalue weighted by Gasteiger charge is -2.09. The molecule has 5 nitrogen and oxygen atoms in total. The molecule has 1 unspecified atom stereocenters. The largest absolute Gasteiger partial charge is 0.480 e. The molecule has 0 saturated heterocycles. The van der Waals surface area contributed by atoms with Gasteiger partial charge in [-0.3, -0.25) is 4.79 Å². The number of carbonyl (C=O) groups is 2. The molecule has 16 heavy (non-hydrogen) atoms. The maximum atomic E-state index is 11.4. The topological polar surface area (TPSA) is 92.4 Å². The Morgan fingerprint density at radius 2 is 1.75 bits per heavy atom. The maximum absolute atomic E-state index is 11.4. The number of hydrogen-bond acceptors (Lipinski definition) is 3. The number of aliphatic carboxylic acids is 1. The average molecular weight is 222 g/mol. The Kier molecular flexibility index (Phi) is 3.63. The van der Waals surface area contributed by atoms with Gasteiger partial charge < -0.3 is 16.2 Å². The highest BCUT2D eigenvalue weighted by atomic mass is 16.4. The van der Waals surface area contributed by atoms with Gasteiger partial charge in [0.1, 0.15) is 0 Å². The summed E-state index contributed by atoms with van der Waals surface area (Å²) in [7, 11) is 0. The minimum Gasteiger partial charge on any atom is -0.480 e. The molecule has 1 rings (SSSR count). The van der Waals surface area contributed by atoms with E-state index >= 15 is 0 Å². The molecule has 1 amide bonds. The van der Waals surface area contributed by atoms with Crippen molar-refractivity contribution in [2.75, 3.05) is 5.32 Å². The first kappa shape index (κ1) is 12.2. The number of benzene rings is 1. The number of aryl methyl sites for hydroxylation is 2. The van der Waals surface area contributed by atoms with Gasteiger partial charge in [0.25, 0.3) is 5.91 Å². The third-order valence-electron chi connectivity index (χ3n) is 2.04. The van der Waals surface area contributed by atoms with Crippen molar-refractivity contribution in [1.82, 2.24) is 0 Å². The number of nitrogens with two attached hydrogens (primary N) is 1. The van der Waals surface area contributed by atoms with E-state index in [1.165, 1.54) is 0 Å². The fourth-order valence-electron chi connectivity index (χ4n) is 1.38. The molecule has 4 N–H and O–H groups in total. The van der Waals surface area contributed by atoms with Gasteiger partial charge in [-0.25, -0.2) is 4.79 Å². The fraction of sp³-hybridized carbons (Fsp3) is 0.273. The van der Waals surface area contributed by atoms with E-state index < -0.39 is 17.9 Å². The van der Waals surface area contributed by atoms with Gasteiger partial charge in [0.15, 0.2) is 6.04 Å². The summed E-state index contributed by atoms with van der Waals surface area (Å²) in [6.07, 6.45) is 0. The van der Waals surface area contributed by atoms with Crippen LogP contribution in [0.5, 0.6) is 0 Å². The summed E-state index contributed by atoms with van der Waals surface area (Å²) in [5, 5.41) is 11.0. The second-order valence-corrected chi connectivity index (χ2v) is 3.68. The molecule has 0 spiro atoms. The first-order chi connectivity index (χ1) is 7.40. The van der Waals surface area contributed by atoms with Gasteiger partial charge in [0.2, 0.25) is 0 Å². The molecular formula is C11H14N2O3. The van der Waals surface area contributed by atoms with Crippen LogP contribution in [0.25, 0.3) is 0 Å². The van der Waals surface area contributed by atoms with Crippen molar-refractivity contribution in [3.05, 3.63) is 29.3 Å². The number of rotatable bonds is 3. The van der Waals surface area contributed by atoms with Crippen LogP contribution in [-0.2, 0) is 9.59 Å². The van der Waals surface area contributed by atoms with Crippen molar-refractivity contribution >= 4 is 17.6 Å². The molecule has 86 valence electrons. The standard InChI is InChI=1S/C11H14N2O3/c1-6-3-7(2)5-8(4-6)13-10(14)9(12)11(15)16/h3-5,9H,12H2,1-2H3,(H,13,14)(H,15,16). The molecule has 0 aromatic heterocycles. The zero-order chi connectivity index (χ0) is 12.3. The van der Waals surface area contributed by atoms with Gasteiger partial charge in [0.05, 0.1) is 0 Å². The first-order valence-electron chi connectivity index (χ1n) is 4.77. The monoisotopic (exact) mass is 222 g/mol. The van der Waals surface area contributed by atoms with Gasteiger partial charge in [-0.05, 0) is 37.1 Å². The van der Waals surface area contributed by atoms with E-state index in [-0.39, 0.29) is 0 Å². The van der Waals surface area contributed by atoms with Crippen LogP contribution in [0, 0.1) is 13.8 Å². The van der Waals surface area contributed by atoms with Gasteiger partial charge in [-0.1, -0.05) is 6.07 Å². The Hall–Kier alpha value is -1.88.